The second-order valence-corrected chi connectivity index (χ2v) is 7.18. The van der Waals surface area contributed by atoms with E-state index in [9.17, 15) is 4.79 Å². The zero-order valence-electron chi connectivity index (χ0n) is 13.8. The number of hydrogen-bond acceptors (Lipinski definition) is 3. The van der Waals surface area contributed by atoms with Crippen LogP contribution in [-0.4, -0.2) is 43.9 Å². The highest BCUT2D eigenvalue weighted by molar-refractivity contribution is 5.88. The van der Waals surface area contributed by atoms with Gasteiger partial charge in [0.15, 0.2) is 0 Å². The van der Waals surface area contributed by atoms with Crippen molar-refractivity contribution in [1.29, 1.82) is 0 Å². The number of rotatable bonds is 7. The zero-order chi connectivity index (χ0) is 15.2. The highest BCUT2D eigenvalue weighted by Crippen LogP contribution is 2.30. The first-order chi connectivity index (χ1) is 9.31. The van der Waals surface area contributed by atoms with Crippen molar-refractivity contribution in [2.45, 2.75) is 52.4 Å². The fourth-order valence-electron chi connectivity index (χ4n) is 2.93. The molecule has 0 aromatic rings. The Morgan fingerprint density at radius 1 is 1.35 bits per heavy atom. The molecule has 1 aliphatic carbocycles. The van der Waals surface area contributed by atoms with Gasteiger partial charge in [0.25, 0.3) is 0 Å². The molecule has 4 nitrogen and oxygen atoms in total. The quantitative estimate of drug-likeness (QED) is 0.311. The first-order valence-corrected chi connectivity index (χ1v) is 7.89. The molecule has 1 saturated carbocycles. The van der Waals surface area contributed by atoms with Crippen LogP contribution in [0.3, 0.4) is 0 Å². The van der Waals surface area contributed by atoms with Crippen molar-refractivity contribution in [2.75, 3.05) is 27.7 Å². The highest BCUT2D eigenvalue weighted by Gasteiger charge is 2.31. The van der Waals surface area contributed by atoms with Crippen LogP contribution < -0.4 is 0 Å². The van der Waals surface area contributed by atoms with Crippen LogP contribution in [0.15, 0.2) is 5.16 Å². The lowest BCUT2D eigenvalue weighted by molar-refractivity contribution is -0.873. The molecular weight excluding hydrogens is 252 g/mol. The van der Waals surface area contributed by atoms with Crippen LogP contribution in [0.1, 0.15) is 52.4 Å². The van der Waals surface area contributed by atoms with Crippen molar-refractivity contribution in [1.82, 2.24) is 0 Å². The summed E-state index contributed by atoms with van der Waals surface area (Å²) in [5.41, 5.74) is 1.06. The summed E-state index contributed by atoms with van der Waals surface area (Å²) in [6.07, 6.45) is 5.71. The van der Waals surface area contributed by atoms with Gasteiger partial charge in [-0.25, -0.2) is 4.79 Å². The zero-order valence-corrected chi connectivity index (χ0v) is 13.8. The highest BCUT2D eigenvalue weighted by atomic mass is 16.7. The van der Waals surface area contributed by atoms with Crippen LogP contribution in [0.4, 0.5) is 0 Å². The van der Waals surface area contributed by atoms with Gasteiger partial charge in [-0.2, -0.15) is 0 Å². The summed E-state index contributed by atoms with van der Waals surface area (Å²) in [5, 5.41) is 4.12. The third-order valence-corrected chi connectivity index (χ3v) is 3.81. The van der Waals surface area contributed by atoms with Crippen molar-refractivity contribution < 1.29 is 14.1 Å². The van der Waals surface area contributed by atoms with E-state index in [1.807, 2.05) is 0 Å². The van der Waals surface area contributed by atoms with E-state index in [4.69, 9.17) is 4.84 Å². The Kier molecular flexibility index (Phi) is 6.66. The molecule has 0 heterocycles. The van der Waals surface area contributed by atoms with Crippen LogP contribution in [0.5, 0.6) is 0 Å². The first kappa shape index (κ1) is 17.2. The van der Waals surface area contributed by atoms with Gasteiger partial charge < -0.3 is 9.32 Å². The van der Waals surface area contributed by atoms with Gasteiger partial charge in [-0.3, -0.25) is 0 Å². The molecule has 0 spiro atoms. The van der Waals surface area contributed by atoms with Crippen LogP contribution in [0.2, 0.25) is 0 Å². The molecule has 20 heavy (non-hydrogen) atoms. The van der Waals surface area contributed by atoms with E-state index in [2.05, 4.69) is 40.1 Å². The normalized spacial score (nSPS) is 25.1. The summed E-state index contributed by atoms with van der Waals surface area (Å²) in [6.45, 7) is 5.45. The minimum Gasteiger partial charge on any atom is -0.331 e. The topological polar surface area (TPSA) is 38.7 Å². The molecule has 1 aliphatic rings. The van der Waals surface area contributed by atoms with E-state index in [1.54, 1.807) is 0 Å². The van der Waals surface area contributed by atoms with Crippen LogP contribution in [0, 0.1) is 11.8 Å². The molecule has 0 aliphatic heterocycles. The van der Waals surface area contributed by atoms with E-state index in [0.717, 1.165) is 48.8 Å². The summed E-state index contributed by atoms with van der Waals surface area (Å²) < 4.78 is 0.974. The molecule has 4 heteroatoms. The number of unbranched alkanes of at least 4 members (excludes halogenated alkanes) is 2. The van der Waals surface area contributed by atoms with Crippen molar-refractivity contribution in [3.63, 3.8) is 0 Å². The molecule has 1 rings (SSSR count). The van der Waals surface area contributed by atoms with Crippen LogP contribution >= 0.6 is 0 Å². The fourth-order valence-corrected chi connectivity index (χ4v) is 2.93. The van der Waals surface area contributed by atoms with Gasteiger partial charge in [-0.05, 0) is 25.2 Å². The maximum absolute atomic E-state index is 11.6. The Balaban J connectivity index is 2.39. The summed E-state index contributed by atoms with van der Waals surface area (Å²) in [5.74, 6) is 0.908. The molecule has 0 unspecified atom stereocenters. The number of carbonyl (C=O) groups excluding carboxylic acids is 1. The summed E-state index contributed by atoms with van der Waals surface area (Å²) in [4.78, 5) is 16.6. The molecule has 0 aromatic carbocycles. The largest absolute Gasteiger partial charge is 0.335 e. The number of nitrogens with zero attached hydrogens (tertiary/aromatic N) is 2. The molecule has 0 radical (unpaired) electrons. The third-order valence-electron chi connectivity index (χ3n) is 3.81. The maximum Gasteiger partial charge on any atom is 0.335 e. The van der Waals surface area contributed by atoms with E-state index in [0.29, 0.717) is 18.3 Å². The number of carbonyl (C=O) groups is 1. The molecular formula is C16H31N2O2+. The predicted octanol–water partition coefficient (Wildman–Crippen LogP) is 3.22. The summed E-state index contributed by atoms with van der Waals surface area (Å²) in [7, 11) is 6.65. The number of hydrogen-bond donors (Lipinski definition) is 0. The van der Waals surface area contributed by atoms with Crippen molar-refractivity contribution in [3.8, 4) is 0 Å². The minimum atomic E-state index is -0.187. The molecule has 2 atom stereocenters. The fraction of sp³-hybridized carbons (Fsp3) is 0.875. The lowest BCUT2D eigenvalue weighted by Crippen LogP contribution is -2.38. The Morgan fingerprint density at radius 2 is 2.05 bits per heavy atom. The summed E-state index contributed by atoms with van der Waals surface area (Å²) >= 11 is 0. The lowest BCUT2D eigenvalue weighted by Gasteiger charge is -2.27. The maximum atomic E-state index is 11.6. The smallest absolute Gasteiger partial charge is 0.331 e. The van der Waals surface area contributed by atoms with Gasteiger partial charge in [0.05, 0.1) is 33.4 Å². The van der Waals surface area contributed by atoms with Crippen molar-refractivity contribution in [2.24, 2.45) is 17.0 Å². The van der Waals surface area contributed by atoms with E-state index >= 15 is 0 Å². The SMILES string of the molecule is CCCCCC(=O)O/N=C1/C[C@@H](C[N+](C)(C)C)C[C@H]1C. The Hall–Kier alpha value is -0.900. The van der Waals surface area contributed by atoms with Crippen molar-refractivity contribution in [3.05, 3.63) is 0 Å². The predicted molar refractivity (Wildman–Crippen MR) is 82.5 cm³/mol. The molecule has 0 N–H and O–H groups in total. The molecule has 116 valence electrons. The first-order valence-electron chi connectivity index (χ1n) is 7.89. The third kappa shape index (κ3) is 6.51. The van der Waals surface area contributed by atoms with Crippen molar-refractivity contribution >= 4 is 11.7 Å². The van der Waals surface area contributed by atoms with Gasteiger partial charge in [-0.1, -0.05) is 31.8 Å². The second kappa shape index (κ2) is 7.77. The Morgan fingerprint density at radius 3 is 2.65 bits per heavy atom. The van der Waals surface area contributed by atoms with E-state index in [1.165, 1.54) is 0 Å². The van der Waals surface area contributed by atoms with Crippen LogP contribution in [0.25, 0.3) is 0 Å². The van der Waals surface area contributed by atoms with Gasteiger partial charge in [-0.15, -0.1) is 0 Å². The second-order valence-electron chi connectivity index (χ2n) is 7.18. The van der Waals surface area contributed by atoms with Gasteiger partial charge in [0, 0.05) is 12.3 Å². The molecule has 0 amide bonds. The molecule has 0 aromatic heterocycles. The molecule has 1 fully saturated rings. The average molecular weight is 283 g/mol. The minimum absolute atomic E-state index is 0.187. The van der Waals surface area contributed by atoms with Crippen LogP contribution in [-0.2, 0) is 9.63 Å². The lowest BCUT2D eigenvalue weighted by atomic mass is 10.1. The number of oxime groups is 1. The van der Waals surface area contributed by atoms with E-state index < -0.39 is 0 Å². The summed E-state index contributed by atoms with van der Waals surface area (Å²) in [6, 6.07) is 0. The van der Waals surface area contributed by atoms with Gasteiger partial charge in [0.2, 0.25) is 0 Å². The molecule has 0 bridgehead atoms. The average Bonchev–Trinajstić information content (AvgIpc) is 2.65. The van der Waals surface area contributed by atoms with Gasteiger partial charge >= 0.3 is 5.97 Å². The molecule has 0 saturated heterocycles. The number of quaternary nitrogens is 1. The Labute approximate surface area is 123 Å². The Bertz CT molecular complexity index is 345. The van der Waals surface area contributed by atoms with Gasteiger partial charge in [0.1, 0.15) is 0 Å². The standard InChI is InChI=1S/C16H31N2O2/c1-6-7-8-9-16(19)20-17-15-11-14(10-13(15)2)12-18(3,4)5/h13-14H,6-12H2,1-5H3/q+1/b17-15-/t13-,14+/m1/s1. The monoisotopic (exact) mass is 283 g/mol. The van der Waals surface area contributed by atoms with E-state index in [-0.39, 0.29) is 5.97 Å².